The van der Waals surface area contributed by atoms with Gasteiger partial charge in [-0.15, -0.1) is 11.8 Å². The second-order valence-corrected chi connectivity index (χ2v) is 5.68. The zero-order valence-electron chi connectivity index (χ0n) is 11.1. The lowest BCUT2D eigenvalue weighted by Gasteiger charge is -2.34. The normalized spacial score (nSPS) is 17.1. The number of hydrogen-bond donors (Lipinski definition) is 1. The van der Waals surface area contributed by atoms with E-state index in [1.165, 1.54) is 4.90 Å². The molecule has 2 rings (SSSR count). The van der Waals surface area contributed by atoms with Gasteiger partial charge < -0.3 is 10.2 Å². The van der Waals surface area contributed by atoms with Crippen LogP contribution in [-0.4, -0.2) is 32.3 Å². The molecule has 3 nitrogen and oxygen atoms in total. The third-order valence-electron chi connectivity index (χ3n) is 3.70. The van der Waals surface area contributed by atoms with Gasteiger partial charge in [0.1, 0.15) is 0 Å². The van der Waals surface area contributed by atoms with Crippen molar-refractivity contribution in [1.29, 1.82) is 0 Å². The molecule has 1 atom stereocenters. The monoisotopic (exact) mass is 264 g/mol. The molecule has 0 spiro atoms. The summed E-state index contributed by atoms with van der Waals surface area (Å²) in [5.74, 6) is 0.792. The Labute approximate surface area is 113 Å². The van der Waals surface area contributed by atoms with Gasteiger partial charge >= 0.3 is 0 Å². The van der Waals surface area contributed by atoms with E-state index < -0.39 is 0 Å². The first-order valence-electron chi connectivity index (χ1n) is 6.26. The van der Waals surface area contributed by atoms with Crippen molar-refractivity contribution in [3.05, 3.63) is 24.3 Å². The molecule has 4 heteroatoms. The number of benzene rings is 1. The Balaban J connectivity index is 2.04. The van der Waals surface area contributed by atoms with Crippen molar-refractivity contribution in [2.75, 3.05) is 31.3 Å². The van der Waals surface area contributed by atoms with Crippen molar-refractivity contribution in [2.45, 2.75) is 11.8 Å². The Bertz CT molecular complexity index is 414. The van der Waals surface area contributed by atoms with Gasteiger partial charge in [-0.3, -0.25) is 4.79 Å². The zero-order valence-corrected chi connectivity index (χ0v) is 12.0. The first-order valence-corrected chi connectivity index (χ1v) is 7.48. The smallest absolute Gasteiger partial charge is 0.229 e. The molecule has 1 aliphatic heterocycles. The van der Waals surface area contributed by atoms with Gasteiger partial charge in [0, 0.05) is 23.5 Å². The minimum absolute atomic E-state index is 0.0940. The summed E-state index contributed by atoms with van der Waals surface area (Å²) in [4.78, 5) is 15.3. The summed E-state index contributed by atoms with van der Waals surface area (Å²) in [6.45, 7) is 3.96. The molecule has 0 aromatic heterocycles. The third-order valence-corrected chi connectivity index (χ3v) is 4.44. The van der Waals surface area contributed by atoms with E-state index >= 15 is 0 Å². The summed E-state index contributed by atoms with van der Waals surface area (Å²) in [5, 5.41) is 3.22. The number of amides is 1. The molecule has 1 amide bonds. The predicted molar refractivity (Wildman–Crippen MR) is 77.2 cm³/mol. The molecular weight excluding hydrogens is 244 g/mol. The molecule has 1 saturated heterocycles. The Morgan fingerprint density at radius 3 is 2.44 bits per heavy atom. The van der Waals surface area contributed by atoms with Gasteiger partial charge in [0.2, 0.25) is 5.91 Å². The maximum Gasteiger partial charge on any atom is 0.229 e. The van der Waals surface area contributed by atoms with Gasteiger partial charge in [-0.2, -0.15) is 0 Å². The topological polar surface area (TPSA) is 32.3 Å². The van der Waals surface area contributed by atoms with Gasteiger partial charge in [-0.05, 0) is 49.5 Å². The predicted octanol–water partition coefficient (Wildman–Crippen LogP) is 2.23. The van der Waals surface area contributed by atoms with E-state index in [4.69, 9.17) is 0 Å². The lowest BCUT2D eigenvalue weighted by atomic mass is 9.88. The average Bonchev–Trinajstić information content (AvgIpc) is 2.35. The Hall–Kier alpha value is -1.00. The van der Waals surface area contributed by atoms with Crippen molar-refractivity contribution in [3.8, 4) is 0 Å². The van der Waals surface area contributed by atoms with Gasteiger partial charge in [-0.25, -0.2) is 0 Å². The summed E-state index contributed by atoms with van der Waals surface area (Å²) in [6.07, 6.45) is 2.05. The number of carbonyl (C=O) groups excluding carboxylic acids is 1. The molecule has 0 bridgehead atoms. The number of rotatable bonds is 4. The summed E-state index contributed by atoms with van der Waals surface area (Å²) in [5.41, 5.74) is 0.969. The molecule has 0 saturated carbocycles. The van der Waals surface area contributed by atoms with Crippen molar-refractivity contribution < 1.29 is 4.79 Å². The Kier molecular flexibility index (Phi) is 4.30. The second-order valence-electron chi connectivity index (χ2n) is 4.80. The number of nitrogens with zero attached hydrogens (tertiary/aromatic N) is 1. The minimum atomic E-state index is 0.0940. The molecule has 1 heterocycles. The first kappa shape index (κ1) is 13.4. The maximum atomic E-state index is 12.3. The lowest BCUT2D eigenvalue weighted by molar-refractivity contribution is -0.123. The van der Waals surface area contributed by atoms with Crippen LogP contribution in [0.2, 0.25) is 0 Å². The molecule has 1 unspecified atom stereocenters. The van der Waals surface area contributed by atoms with Gasteiger partial charge in [0.05, 0.1) is 0 Å². The van der Waals surface area contributed by atoms with Crippen LogP contribution in [0, 0.1) is 11.8 Å². The highest BCUT2D eigenvalue weighted by Gasteiger charge is 2.30. The fourth-order valence-electron chi connectivity index (χ4n) is 2.10. The molecule has 1 aromatic carbocycles. The highest BCUT2D eigenvalue weighted by atomic mass is 32.2. The third kappa shape index (κ3) is 2.70. The molecule has 18 heavy (non-hydrogen) atoms. The quantitative estimate of drug-likeness (QED) is 0.846. The second kappa shape index (κ2) is 5.76. The van der Waals surface area contributed by atoms with Gasteiger partial charge in [0.25, 0.3) is 0 Å². The van der Waals surface area contributed by atoms with E-state index in [2.05, 4.69) is 23.7 Å². The standard InChI is InChI=1S/C14H20N2OS/c1-10(11-8-15-9-11)14(17)16(2)12-4-6-13(18-3)7-5-12/h4-7,10-11,15H,8-9H2,1-3H3. The summed E-state index contributed by atoms with van der Waals surface area (Å²) in [6, 6.07) is 8.13. The van der Waals surface area contributed by atoms with Crippen LogP contribution in [0.5, 0.6) is 0 Å². The van der Waals surface area contributed by atoms with Crippen molar-refractivity contribution >= 4 is 23.4 Å². The minimum Gasteiger partial charge on any atom is -0.316 e. The highest BCUT2D eigenvalue weighted by Crippen LogP contribution is 2.23. The van der Waals surface area contributed by atoms with Crippen LogP contribution in [0.3, 0.4) is 0 Å². The molecule has 0 aliphatic carbocycles. The number of anilines is 1. The number of thioether (sulfide) groups is 1. The van der Waals surface area contributed by atoms with Crippen LogP contribution in [0.25, 0.3) is 0 Å². The van der Waals surface area contributed by atoms with Crippen LogP contribution in [0.1, 0.15) is 6.92 Å². The van der Waals surface area contributed by atoms with Crippen LogP contribution < -0.4 is 10.2 Å². The maximum absolute atomic E-state index is 12.3. The average molecular weight is 264 g/mol. The molecule has 1 N–H and O–H groups in total. The lowest BCUT2D eigenvalue weighted by Crippen LogP contribution is -2.50. The first-order chi connectivity index (χ1) is 8.63. The fraction of sp³-hybridized carbons (Fsp3) is 0.500. The molecule has 98 valence electrons. The molecular formula is C14H20N2OS. The molecule has 1 aromatic rings. The Morgan fingerprint density at radius 1 is 1.39 bits per heavy atom. The molecule has 1 fully saturated rings. The van der Waals surface area contributed by atoms with Crippen LogP contribution >= 0.6 is 11.8 Å². The van der Waals surface area contributed by atoms with E-state index in [0.717, 1.165) is 18.8 Å². The van der Waals surface area contributed by atoms with E-state index in [1.54, 1.807) is 16.7 Å². The highest BCUT2D eigenvalue weighted by molar-refractivity contribution is 7.98. The summed E-state index contributed by atoms with van der Waals surface area (Å²) >= 11 is 1.71. The van der Waals surface area contributed by atoms with Crippen molar-refractivity contribution in [1.82, 2.24) is 5.32 Å². The largest absolute Gasteiger partial charge is 0.316 e. The summed E-state index contributed by atoms with van der Waals surface area (Å²) < 4.78 is 0. The van der Waals surface area contributed by atoms with Crippen molar-refractivity contribution in [2.24, 2.45) is 11.8 Å². The fourth-order valence-corrected chi connectivity index (χ4v) is 2.51. The van der Waals surface area contributed by atoms with Crippen LogP contribution in [0.4, 0.5) is 5.69 Å². The van der Waals surface area contributed by atoms with Crippen LogP contribution in [0.15, 0.2) is 29.2 Å². The van der Waals surface area contributed by atoms with Gasteiger partial charge in [-0.1, -0.05) is 6.92 Å². The van der Waals surface area contributed by atoms with E-state index in [0.29, 0.717) is 5.92 Å². The summed E-state index contributed by atoms with van der Waals surface area (Å²) in [7, 11) is 1.86. The molecule has 1 aliphatic rings. The Morgan fingerprint density at radius 2 is 2.00 bits per heavy atom. The number of carbonyl (C=O) groups is 1. The molecule has 0 radical (unpaired) electrons. The van der Waals surface area contributed by atoms with E-state index in [9.17, 15) is 4.79 Å². The van der Waals surface area contributed by atoms with Crippen molar-refractivity contribution in [3.63, 3.8) is 0 Å². The SMILES string of the molecule is CSc1ccc(N(C)C(=O)C(C)C2CNC2)cc1. The van der Waals surface area contributed by atoms with Gasteiger partial charge in [0.15, 0.2) is 0 Å². The zero-order chi connectivity index (χ0) is 13.1. The van der Waals surface area contributed by atoms with Crippen LogP contribution in [-0.2, 0) is 4.79 Å². The number of nitrogens with one attached hydrogen (secondary N) is 1. The number of hydrogen-bond acceptors (Lipinski definition) is 3. The van der Waals surface area contributed by atoms with E-state index in [-0.39, 0.29) is 11.8 Å². The van der Waals surface area contributed by atoms with E-state index in [1.807, 2.05) is 26.1 Å².